The summed E-state index contributed by atoms with van der Waals surface area (Å²) < 4.78 is 7.10. The first-order valence-electron chi connectivity index (χ1n) is 8.17. The summed E-state index contributed by atoms with van der Waals surface area (Å²) in [6, 6.07) is 26.5. The molecular weight excluding hydrogens is 326 g/mol. The van der Waals surface area contributed by atoms with E-state index in [1.54, 1.807) is 11.3 Å². The highest BCUT2D eigenvalue weighted by Gasteiger charge is 2.00. The zero-order valence-electron chi connectivity index (χ0n) is 13.6. The standard InChI is InChI=1S/C22H17NOS/c1-2-7-18(8-3-1)16-24-19-10-6-9-17(15-19)13-14-22-23-20-11-4-5-12-21(20)25-22/h1-15H,16H2/b14-13+. The van der Waals surface area contributed by atoms with E-state index in [1.165, 1.54) is 4.70 Å². The summed E-state index contributed by atoms with van der Waals surface area (Å²) in [5, 5.41) is 1.01. The molecule has 1 aromatic heterocycles. The van der Waals surface area contributed by atoms with Crippen LogP contribution < -0.4 is 4.74 Å². The summed E-state index contributed by atoms with van der Waals surface area (Å²) in [5.74, 6) is 0.871. The fourth-order valence-corrected chi connectivity index (χ4v) is 3.45. The zero-order chi connectivity index (χ0) is 16.9. The molecule has 0 aliphatic rings. The Morgan fingerprint density at radius 3 is 2.56 bits per heavy atom. The predicted molar refractivity (Wildman–Crippen MR) is 106 cm³/mol. The van der Waals surface area contributed by atoms with Crippen molar-refractivity contribution in [1.82, 2.24) is 4.98 Å². The van der Waals surface area contributed by atoms with E-state index in [-0.39, 0.29) is 0 Å². The van der Waals surface area contributed by atoms with E-state index in [4.69, 9.17) is 4.74 Å². The van der Waals surface area contributed by atoms with Crippen molar-refractivity contribution in [1.29, 1.82) is 0 Å². The molecule has 0 aliphatic heterocycles. The molecule has 0 aliphatic carbocycles. The van der Waals surface area contributed by atoms with Gasteiger partial charge in [0.2, 0.25) is 0 Å². The number of thiazole rings is 1. The van der Waals surface area contributed by atoms with Gasteiger partial charge in [-0.15, -0.1) is 11.3 Å². The Labute approximate surface area is 151 Å². The van der Waals surface area contributed by atoms with Crippen molar-refractivity contribution in [2.75, 3.05) is 0 Å². The van der Waals surface area contributed by atoms with E-state index in [0.29, 0.717) is 6.61 Å². The number of fused-ring (bicyclic) bond motifs is 1. The van der Waals surface area contributed by atoms with Gasteiger partial charge in [-0.25, -0.2) is 4.98 Å². The van der Waals surface area contributed by atoms with Gasteiger partial charge in [0.1, 0.15) is 17.4 Å². The molecule has 25 heavy (non-hydrogen) atoms. The molecule has 0 radical (unpaired) electrons. The van der Waals surface area contributed by atoms with E-state index in [0.717, 1.165) is 27.4 Å². The third-order valence-electron chi connectivity index (χ3n) is 3.84. The van der Waals surface area contributed by atoms with Gasteiger partial charge in [0, 0.05) is 0 Å². The van der Waals surface area contributed by atoms with E-state index in [9.17, 15) is 0 Å². The molecule has 0 fully saturated rings. The van der Waals surface area contributed by atoms with Crippen LogP contribution in [-0.4, -0.2) is 4.98 Å². The number of benzene rings is 3. The number of para-hydroxylation sites is 1. The molecule has 0 bridgehead atoms. The summed E-state index contributed by atoms with van der Waals surface area (Å²) in [6.07, 6.45) is 4.13. The topological polar surface area (TPSA) is 22.1 Å². The monoisotopic (exact) mass is 343 g/mol. The molecule has 0 unspecified atom stereocenters. The molecule has 2 nitrogen and oxygen atoms in total. The van der Waals surface area contributed by atoms with Crippen LogP contribution in [0.5, 0.6) is 5.75 Å². The van der Waals surface area contributed by atoms with Crippen molar-refractivity contribution in [2.24, 2.45) is 0 Å². The number of aromatic nitrogens is 1. The second-order valence-electron chi connectivity index (χ2n) is 5.70. The first-order chi connectivity index (χ1) is 12.4. The maximum Gasteiger partial charge on any atom is 0.120 e. The summed E-state index contributed by atoms with van der Waals surface area (Å²) >= 11 is 1.70. The lowest BCUT2D eigenvalue weighted by molar-refractivity contribution is 0.306. The molecule has 4 rings (SSSR count). The van der Waals surface area contributed by atoms with Crippen molar-refractivity contribution < 1.29 is 4.74 Å². The second-order valence-corrected chi connectivity index (χ2v) is 6.76. The summed E-state index contributed by atoms with van der Waals surface area (Å²) in [4.78, 5) is 4.63. The number of hydrogen-bond donors (Lipinski definition) is 0. The molecular formula is C22H17NOS. The highest BCUT2D eigenvalue weighted by atomic mass is 32.1. The molecule has 122 valence electrons. The third-order valence-corrected chi connectivity index (χ3v) is 4.84. The maximum absolute atomic E-state index is 5.89. The van der Waals surface area contributed by atoms with E-state index in [1.807, 2.05) is 54.6 Å². The van der Waals surface area contributed by atoms with E-state index >= 15 is 0 Å². The summed E-state index contributed by atoms with van der Waals surface area (Å²) in [5.41, 5.74) is 3.31. The van der Waals surface area contributed by atoms with Crippen molar-refractivity contribution in [2.45, 2.75) is 6.61 Å². The minimum absolute atomic E-state index is 0.575. The lowest BCUT2D eigenvalue weighted by Gasteiger charge is -2.06. The van der Waals surface area contributed by atoms with Gasteiger partial charge in [0.15, 0.2) is 0 Å². The van der Waals surface area contributed by atoms with Crippen molar-refractivity contribution in [3.63, 3.8) is 0 Å². The van der Waals surface area contributed by atoms with Gasteiger partial charge in [0.05, 0.1) is 10.2 Å². The Hall–Kier alpha value is -2.91. The first kappa shape index (κ1) is 15.6. The number of ether oxygens (including phenoxy) is 1. The van der Waals surface area contributed by atoms with Crippen LogP contribution in [0.3, 0.4) is 0 Å². The minimum Gasteiger partial charge on any atom is -0.489 e. The summed E-state index contributed by atoms with van der Waals surface area (Å²) in [6.45, 7) is 0.575. The van der Waals surface area contributed by atoms with Gasteiger partial charge >= 0.3 is 0 Å². The highest BCUT2D eigenvalue weighted by molar-refractivity contribution is 7.19. The normalized spacial score (nSPS) is 11.2. The Balaban J connectivity index is 1.47. The van der Waals surface area contributed by atoms with Crippen LogP contribution in [0, 0.1) is 0 Å². The zero-order valence-corrected chi connectivity index (χ0v) is 14.4. The van der Waals surface area contributed by atoms with Crippen molar-refractivity contribution in [3.8, 4) is 5.75 Å². The van der Waals surface area contributed by atoms with Crippen molar-refractivity contribution in [3.05, 3.63) is 95.0 Å². The number of hydrogen-bond acceptors (Lipinski definition) is 3. The second kappa shape index (κ2) is 7.32. The van der Waals surface area contributed by atoms with Gasteiger partial charge in [-0.3, -0.25) is 0 Å². The molecule has 1 heterocycles. The predicted octanol–water partition coefficient (Wildman–Crippen LogP) is 6.05. The molecule has 0 atom stereocenters. The Kier molecular flexibility index (Phi) is 4.57. The fraction of sp³-hybridized carbons (Fsp3) is 0.0455. The molecule has 4 aromatic rings. The van der Waals surface area contributed by atoms with E-state index in [2.05, 4.69) is 41.4 Å². The van der Waals surface area contributed by atoms with Crippen LogP contribution in [0.15, 0.2) is 78.9 Å². The van der Waals surface area contributed by atoms with Gasteiger partial charge in [0.25, 0.3) is 0 Å². The van der Waals surface area contributed by atoms with Gasteiger partial charge in [-0.05, 0) is 41.5 Å². The van der Waals surface area contributed by atoms with Crippen LogP contribution in [0.1, 0.15) is 16.1 Å². The quantitative estimate of drug-likeness (QED) is 0.440. The molecule has 3 aromatic carbocycles. The maximum atomic E-state index is 5.89. The van der Waals surface area contributed by atoms with Gasteiger partial charge < -0.3 is 4.74 Å². The Bertz CT molecular complexity index is 972. The molecule has 3 heteroatoms. The third kappa shape index (κ3) is 3.95. The fourth-order valence-electron chi connectivity index (χ4n) is 2.58. The SMILES string of the molecule is C(=C\c1nc2ccccc2s1)/c1cccc(OCc2ccccc2)c1. The number of rotatable bonds is 5. The smallest absolute Gasteiger partial charge is 0.120 e. The average Bonchev–Trinajstić information content (AvgIpc) is 3.09. The highest BCUT2D eigenvalue weighted by Crippen LogP contribution is 2.23. The van der Waals surface area contributed by atoms with Crippen LogP contribution in [0.25, 0.3) is 22.4 Å². The van der Waals surface area contributed by atoms with Crippen LogP contribution >= 0.6 is 11.3 Å². The first-order valence-corrected chi connectivity index (χ1v) is 8.99. The molecule has 0 saturated heterocycles. The largest absolute Gasteiger partial charge is 0.489 e. The summed E-state index contributed by atoms with van der Waals surface area (Å²) in [7, 11) is 0. The number of nitrogens with zero attached hydrogens (tertiary/aromatic N) is 1. The van der Waals surface area contributed by atoms with Crippen LogP contribution in [0.2, 0.25) is 0 Å². The average molecular weight is 343 g/mol. The van der Waals surface area contributed by atoms with Gasteiger partial charge in [-0.1, -0.05) is 60.7 Å². The molecule has 0 amide bonds. The van der Waals surface area contributed by atoms with Crippen LogP contribution in [0.4, 0.5) is 0 Å². The minimum atomic E-state index is 0.575. The van der Waals surface area contributed by atoms with E-state index < -0.39 is 0 Å². The Morgan fingerprint density at radius 2 is 1.68 bits per heavy atom. The Morgan fingerprint density at radius 1 is 0.840 bits per heavy atom. The molecule has 0 spiro atoms. The molecule has 0 N–H and O–H groups in total. The lowest BCUT2D eigenvalue weighted by Crippen LogP contribution is -1.94. The molecule has 0 saturated carbocycles. The van der Waals surface area contributed by atoms with Crippen molar-refractivity contribution >= 4 is 33.7 Å². The lowest BCUT2D eigenvalue weighted by atomic mass is 10.2. The van der Waals surface area contributed by atoms with Gasteiger partial charge in [-0.2, -0.15) is 0 Å². The van der Waals surface area contributed by atoms with Crippen LogP contribution in [-0.2, 0) is 6.61 Å².